The van der Waals surface area contributed by atoms with Crippen molar-refractivity contribution in [3.8, 4) is 0 Å². The molecule has 1 aromatic heterocycles. The molecule has 2 heterocycles. The van der Waals surface area contributed by atoms with Crippen molar-refractivity contribution < 1.29 is 19.2 Å². The highest BCUT2D eigenvalue weighted by Gasteiger charge is 2.31. The summed E-state index contributed by atoms with van der Waals surface area (Å²) in [6.07, 6.45) is 2.21. The Morgan fingerprint density at radius 3 is 2.62 bits per heavy atom. The van der Waals surface area contributed by atoms with E-state index in [4.69, 9.17) is 9.63 Å². The van der Waals surface area contributed by atoms with E-state index in [1.54, 1.807) is 4.90 Å². The van der Waals surface area contributed by atoms with Crippen LogP contribution >= 0.6 is 12.4 Å². The molecule has 21 heavy (non-hydrogen) atoms. The molecule has 1 unspecified atom stereocenters. The minimum atomic E-state index is -0.825. The summed E-state index contributed by atoms with van der Waals surface area (Å²) in [5.41, 5.74) is 1.70. The first kappa shape index (κ1) is 17.5. The lowest BCUT2D eigenvalue weighted by Gasteiger charge is -2.15. The topological polar surface area (TPSA) is 83.6 Å². The van der Waals surface area contributed by atoms with Crippen molar-refractivity contribution in [3.05, 3.63) is 17.0 Å². The summed E-state index contributed by atoms with van der Waals surface area (Å²) in [7, 11) is 0. The number of rotatable bonds is 5. The maximum Gasteiger partial charge on any atom is 0.308 e. The molecule has 2 rings (SSSR count). The third-order valence-electron chi connectivity index (χ3n) is 3.83. The van der Waals surface area contributed by atoms with E-state index < -0.39 is 11.9 Å². The Morgan fingerprint density at radius 2 is 2.10 bits per heavy atom. The minimum absolute atomic E-state index is 0. The Kier molecular flexibility index (Phi) is 6.20. The fourth-order valence-electron chi connectivity index (χ4n) is 2.59. The van der Waals surface area contributed by atoms with Crippen molar-refractivity contribution in [2.75, 3.05) is 13.1 Å². The van der Waals surface area contributed by atoms with Gasteiger partial charge in [0, 0.05) is 25.1 Å². The van der Waals surface area contributed by atoms with Gasteiger partial charge in [0.05, 0.1) is 18.0 Å². The van der Waals surface area contributed by atoms with Gasteiger partial charge in [-0.2, -0.15) is 0 Å². The third-order valence-corrected chi connectivity index (χ3v) is 3.83. The zero-order valence-corrected chi connectivity index (χ0v) is 13.1. The predicted octanol–water partition coefficient (Wildman–Crippen LogP) is 1.70. The largest absolute Gasteiger partial charge is 0.481 e. The second-order valence-corrected chi connectivity index (χ2v) is 5.08. The monoisotopic (exact) mass is 316 g/mol. The number of amides is 1. The standard InChI is InChI=1S/C14H20N2O4.ClH/c1-3-11-10(12(4-2)20-15-11)7-13(17)16-6-5-9(8-16)14(18)19;/h9H,3-8H2,1-2H3,(H,18,19);1H. The first-order valence-corrected chi connectivity index (χ1v) is 7.03. The summed E-state index contributed by atoms with van der Waals surface area (Å²) in [5, 5.41) is 13.0. The summed E-state index contributed by atoms with van der Waals surface area (Å²) < 4.78 is 5.24. The lowest BCUT2D eigenvalue weighted by atomic mass is 10.1. The van der Waals surface area contributed by atoms with E-state index in [1.807, 2.05) is 13.8 Å². The van der Waals surface area contributed by atoms with Gasteiger partial charge in [-0.25, -0.2) is 0 Å². The molecule has 1 amide bonds. The summed E-state index contributed by atoms with van der Waals surface area (Å²) in [6, 6.07) is 0. The molecular formula is C14H21ClN2O4. The minimum Gasteiger partial charge on any atom is -0.481 e. The molecule has 0 saturated carbocycles. The second kappa shape index (κ2) is 7.45. The zero-order chi connectivity index (χ0) is 14.7. The molecule has 1 atom stereocenters. The number of aryl methyl sites for hydroxylation is 2. The molecule has 0 aromatic carbocycles. The van der Waals surface area contributed by atoms with Crippen molar-refractivity contribution in [2.45, 2.75) is 39.5 Å². The lowest BCUT2D eigenvalue weighted by Crippen LogP contribution is -2.31. The van der Waals surface area contributed by atoms with Crippen LogP contribution in [-0.4, -0.2) is 40.1 Å². The van der Waals surface area contributed by atoms with Crippen LogP contribution in [0.25, 0.3) is 0 Å². The van der Waals surface area contributed by atoms with E-state index in [9.17, 15) is 9.59 Å². The SMILES string of the molecule is CCc1noc(CC)c1CC(=O)N1CCC(C(=O)O)C1.Cl. The molecule has 0 spiro atoms. The molecule has 1 N–H and O–H groups in total. The average Bonchev–Trinajstić information content (AvgIpc) is 3.05. The van der Waals surface area contributed by atoms with Crippen LogP contribution in [0.2, 0.25) is 0 Å². The number of carboxylic acids is 1. The van der Waals surface area contributed by atoms with E-state index in [1.165, 1.54) is 0 Å². The van der Waals surface area contributed by atoms with E-state index in [0.717, 1.165) is 23.4 Å². The van der Waals surface area contributed by atoms with Crippen LogP contribution in [0.3, 0.4) is 0 Å². The molecular weight excluding hydrogens is 296 g/mol. The number of carboxylic acid groups (broad SMARTS) is 1. The van der Waals surface area contributed by atoms with Gasteiger partial charge in [-0.05, 0) is 12.8 Å². The molecule has 1 saturated heterocycles. The summed E-state index contributed by atoms with van der Waals surface area (Å²) >= 11 is 0. The van der Waals surface area contributed by atoms with Gasteiger partial charge in [-0.3, -0.25) is 9.59 Å². The number of likely N-dealkylation sites (tertiary alicyclic amines) is 1. The summed E-state index contributed by atoms with van der Waals surface area (Å²) in [6.45, 7) is 4.76. The maximum atomic E-state index is 12.3. The normalized spacial score (nSPS) is 17.6. The van der Waals surface area contributed by atoms with Crippen LogP contribution in [0.5, 0.6) is 0 Å². The lowest BCUT2D eigenvalue weighted by molar-refractivity contribution is -0.141. The van der Waals surface area contributed by atoms with Crippen LogP contribution in [0, 0.1) is 5.92 Å². The fourth-order valence-corrected chi connectivity index (χ4v) is 2.59. The Labute approximate surface area is 129 Å². The van der Waals surface area contributed by atoms with Crippen LogP contribution in [-0.2, 0) is 28.9 Å². The average molecular weight is 317 g/mol. The van der Waals surface area contributed by atoms with E-state index in [2.05, 4.69) is 5.16 Å². The number of aliphatic carboxylic acids is 1. The highest BCUT2D eigenvalue weighted by Crippen LogP contribution is 2.21. The fraction of sp³-hybridized carbons (Fsp3) is 0.643. The number of aromatic nitrogens is 1. The Bertz CT molecular complexity index is 494. The predicted molar refractivity (Wildman–Crippen MR) is 78.5 cm³/mol. The van der Waals surface area contributed by atoms with E-state index in [-0.39, 0.29) is 24.7 Å². The number of hydrogen-bond donors (Lipinski definition) is 1. The van der Waals surface area contributed by atoms with Crippen molar-refractivity contribution in [3.63, 3.8) is 0 Å². The molecule has 1 fully saturated rings. The highest BCUT2D eigenvalue weighted by molar-refractivity contribution is 5.85. The summed E-state index contributed by atoms with van der Waals surface area (Å²) in [4.78, 5) is 24.8. The van der Waals surface area contributed by atoms with Gasteiger partial charge in [0.2, 0.25) is 5.91 Å². The smallest absolute Gasteiger partial charge is 0.308 e. The first-order chi connectivity index (χ1) is 9.56. The van der Waals surface area contributed by atoms with Crippen LogP contribution in [0.4, 0.5) is 0 Å². The second-order valence-electron chi connectivity index (χ2n) is 5.08. The molecule has 0 radical (unpaired) electrons. The van der Waals surface area contributed by atoms with Crippen LogP contribution < -0.4 is 0 Å². The van der Waals surface area contributed by atoms with Gasteiger partial charge < -0.3 is 14.5 Å². The van der Waals surface area contributed by atoms with Crippen LogP contribution in [0.1, 0.15) is 37.3 Å². The van der Waals surface area contributed by atoms with Gasteiger partial charge in [-0.15, -0.1) is 12.4 Å². The van der Waals surface area contributed by atoms with Gasteiger partial charge in [0.1, 0.15) is 5.76 Å². The molecule has 118 valence electrons. The van der Waals surface area contributed by atoms with E-state index >= 15 is 0 Å². The van der Waals surface area contributed by atoms with Crippen molar-refractivity contribution in [1.29, 1.82) is 0 Å². The van der Waals surface area contributed by atoms with Gasteiger partial charge in [-0.1, -0.05) is 19.0 Å². The maximum absolute atomic E-state index is 12.3. The molecule has 1 aliphatic heterocycles. The van der Waals surface area contributed by atoms with Gasteiger partial charge >= 0.3 is 5.97 Å². The molecule has 6 nitrogen and oxygen atoms in total. The number of carbonyl (C=O) groups excluding carboxylic acids is 1. The zero-order valence-electron chi connectivity index (χ0n) is 12.3. The number of nitrogens with zero attached hydrogens (tertiary/aromatic N) is 2. The van der Waals surface area contributed by atoms with Crippen molar-refractivity contribution in [1.82, 2.24) is 10.1 Å². The first-order valence-electron chi connectivity index (χ1n) is 7.03. The Balaban J connectivity index is 0.00000220. The van der Waals surface area contributed by atoms with E-state index in [0.29, 0.717) is 25.9 Å². The Hall–Kier alpha value is -1.56. The number of halogens is 1. The van der Waals surface area contributed by atoms with Gasteiger partial charge in [0.25, 0.3) is 0 Å². The van der Waals surface area contributed by atoms with Crippen molar-refractivity contribution >= 4 is 24.3 Å². The highest BCUT2D eigenvalue weighted by atomic mass is 35.5. The molecule has 1 aliphatic rings. The summed E-state index contributed by atoms with van der Waals surface area (Å²) in [5.74, 6) is -0.544. The van der Waals surface area contributed by atoms with Crippen molar-refractivity contribution in [2.24, 2.45) is 5.92 Å². The van der Waals surface area contributed by atoms with Gasteiger partial charge in [0.15, 0.2) is 0 Å². The molecule has 1 aromatic rings. The third kappa shape index (κ3) is 3.75. The molecule has 0 aliphatic carbocycles. The quantitative estimate of drug-likeness (QED) is 0.893. The number of hydrogen-bond acceptors (Lipinski definition) is 4. The number of carbonyl (C=O) groups is 2. The van der Waals surface area contributed by atoms with Crippen LogP contribution in [0.15, 0.2) is 4.52 Å². The molecule has 7 heteroatoms. The Morgan fingerprint density at radius 1 is 1.38 bits per heavy atom. The molecule has 0 bridgehead atoms.